The van der Waals surface area contributed by atoms with Crippen molar-refractivity contribution in [2.75, 3.05) is 6.61 Å². The lowest BCUT2D eigenvalue weighted by Gasteiger charge is -2.09. The number of halogens is 1. The van der Waals surface area contributed by atoms with Gasteiger partial charge in [-0.05, 0) is 41.8 Å². The second kappa shape index (κ2) is 7.59. The molecule has 2 rings (SSSR count). The summed E-state index contributed by atoms with van der Waals surface area (Å²) in [6.07, 6.45) is 0. The summed E-state index contributed by atoms with van der Waals surface area (Å²) in [5, 5.41) is 0. The molecule has 0 spiro atoms. The van der Waals surface area contributed by atoms with Gasteiger partial charge in [0, 0.05) is 0 Å². The van der Waals surface area contributed by atoms with Crippen molar-refractivity contribution in [1.82, 2.24) is 0 Å². The van der Waals surface area contributed by atoms with Gasteiger partial charge in [0.15, 0.2) is 0 Å². The molecule has 0 aliphatic rings. The monoisotopic (exact) mass is 302 g/mol. The highest BCUT2D eigenvalue weighted by Gasteiger charge is 2.09. The fourth-order valence-corrected chi connectivity index (χ4v) is 1.79. The van der Waals surface area contributed by atoms with Gasteiger partial charge in [0.05, 0.1) is 12.2 Å². The summed E-state index contributed by atoms with van der Waals surface area (Å²) in [6, 6.07) is 12.9. The van der Waals surface area contributed by atoms with E-state index in [-0.39, 0.29) is 11.8 Å². The van der Waals surface area contributed by atoms with Crippen molar-refractivity contribution in [3.63, 3.8) is 0 Å². The minimum atomic E-state index is -0.360. The van der Waals surface area contributed by atoms with Crippen LogP contribution in [0.15, 0.2) is 48.5 Å². The Labute approximate surface area is 129 Å². The van der Waals surface area contributed by atoms with Crippen molar-refractivity contribution in [2.45, 2.75) is 20.5 Å². The molecule has 0 aliphatic carbocycles. The minimum Gasteiger partial charge on any atom is -0.489 e. The molecule has 0 fully saturated rings. The van der Waals surface area contributed by atoms with E-state index in [1.807, 2.05) is 13.8 Å². The fraction of sp³-hybridized carbons (Fsp3) is 0.278. The molecule has 22 heavy (non-hydrogen) atoms. The SMILES string of the molecule is CC(C)COC(=O)c1cccc(OCc2ccc(F)cc2)c1. The van der Waals surface area contributed by atoms with Crippen LogP contribution in [0.2, 0.25) is 0 Å². The molecule has 0 amide bonds. The molecule has 116 valence electrons. The van der Waals surface area contributed by atoms with Gasteiger partial charge < -0.3 is 9.47 Å². The predicted octanol–water partition coefficient (Wildman–Crippen LogP) is 4.22. The molecule has 0 heterocycles. The lowest BCUT2D eigenvalue weighted by molar-refractivity contribution is 0.0458. The molecular weight excluding hydrogens is 283 g/mol. The summed E-state index contributed by atoms with van der Waals surface area (Å²) < 4.78 is 23.6. The van der Waals surface area contributed by atoms with Crippen LogP contribution in [0.3, 0.4) is 0 Å². The van der Waals surface area contributed by atoms with Crippen LogP contribution >= 0.6 is 0 Å². The molecule has 2 aromatic carbocycles. The van der Waals surface area contributed by atoms with Gasteiger partial charge in [-0.15, -0.1) is 0 Å². The zero-order valence-electron chi connectivity index (χ0n) is 12.7. The molecule has 0 aliphatic heterocycles. The van der Waals surface area contributed by atoms with Gasteiger partial charge in [0.25, 0.3) is 0 Å². The number of benzene rings is 2. The first-order valence-electron chi connectivity index (χ1n) is 7.19. The van der Waals surface area contributed by atoms with E-state index in [0.717, 1.165) is 5.56 Å². The van der Waals surface area contributed by atoms with Crippen molar-refractivity contribution in [3.05, 3.63) is 65.5 Å². The molecule has 3 nitrogen and oxygen atoms in total. The standard InChI is InChI=1S/C18H19FO3/c1-13(2)11-22-18(20)15-4-3-5-17(10-15)21-12-14-6-8-16(19)9-7-14/h3-10,13H,11-12H2,1-2H3. The lowest BCUT2D eigenvalue weighted by Crippen LogP contribution is -2.10. The van der Waals surface area contributed by atoms with Crippen LogP contribution in [0.1, 0.15) is 29.8 Å². The molecule has 4 heteroatoms. The maximum atomic E-state index is 12.8. The van der Waals surface area contributed by atoms with E-state index in [0.29, 0.717) is 30.4 Å². The van der Waals surface area contributed by atoms with Gasteiger partial charge in [-0.25, -0.2) is 9.18 Å². The summed E-state index contributed by atoms with van der Waals surface area (Å²) in [6.45, 7) is 4.66. The van der Waals surface area contributed by atoms with Crippen LogP contribution < -0.4 is 4.74 Å². The summed E-state index contributed by atoms with van der Waals surface area (Å²) in [5.41, 5.74) is 1.31. The number of rotatable bonds is 6. The number of carbonyl (C=O) groups is 1. The molecule has 0 atom stereocenters. The lowest BCUT2D eigenvalue weighted by atomic mass is 10.2. The van der Waals surface area contributed by atoms with E-state index < -0.39 is 0 Å². The molecule has 0 bridgehead atoms. The van der Waals surface area contributed by atoms with Crippen LogP contribution in [0.25, 0.3) is 0 Å². The molecule has 0 radical (unpaired) electrons. The average molecular weight is 302 g/mol. The smallest absolute Gasteiger partial charge is 0.338 e. The number of ether oxygens (including phenoxy) is 2. The Morgan fingerprint density at radius 3 is 2.55 bits per heavy atom. The number of esters is 1. The maximum absolute atomic E-state index is 12.8. The highest BCUT2D eigenvalue weighted by molar-refractivity contribution is 5.89. The number of carbonyl (C=O) groups excluding carboxylic acids is 1. The Kier molecular flexibility index (Phi) is 5.53. The van der Waals surface area contributed by atoms with Crippen LogP contribution in [-0.2, 0) is 11.3 Å². The van der Waals surface area contributed by atoms with Crippen molar-refractivity contribution in [2.24, 2.45) is 5.92 Å². The molecule has 0 saturated carbocycles. The van der Waals surface area contributed by atoms with E-state index >= 15 is 0 Å². The Morgan fingerprint density at radius 1 is 1.14 bits per heavy atom. The highest BCUT2D eigenvalue weighted by Crippen LogP contribution is 2.16. The first-order chi connectivity index (χ1) is 10.5. The maximum Gasteiger partial charge on any atom is 0.338 e. The summed E-state index contributed by atoms with van der Waals surface area (Å²) in [5.74, 6) is 0.227. The van der Waals surface area contributed by atoms with E-state index in [1.165, 1.54) is 12.1 Å². The Balaban J connectivity index is 1.96. The first kappa shape index (κ1) is 16.0. The Hall–Kier alpha value is -2.36. The molecule has 0 saturated heterocycles. The topological polar surface area (TPSA) is 35.5 Å². The first-order valence-corrected chi connectivity index (χ1v) is 7.19. The predicted molar refractivity (Wildman–Crippen MR) is 82.3 cm³/mol. The zero-order chi connectivity index (χ0) is 15.9. The van der Waals surface area contributed by atoms with Gasteiger partial charge in [0.2, 0.25) is 0 Å². The van der Waals surface area contributed by atoms with E-state index in [9.17, 15) is 9.18 Å². The molecule has 2 aromatic rings. The summed E-state index contributed by atoms with van der Waals surface area (Å²) in [7, 11) is 0. The second-order valence-corrected chi connectivity index (χ2v) is 5.44. The largest absolute Gasteiger partial charge is 0.489 e. The zero-order valence-corrected chi connectivity index (χ0v) is 12.7. The third kappa shape index (κ3) is 4.88. The van der Waals surface area contributed by atoms with E-state index in [2.05, 4.69) is 0 Å². The number of hydrogen-bond donors (Lipinski definition) is 0. The Bertz CT molecular complexity index is 620. The third-order valence-electron chi connectivity index (χ3n) is 2.94. The van der Waals surface area contributed by atoms with E-state index in [1.54, 1.807) is 36.4 Å². The van der Waals surface area contributed by atoms with E-state index in [4.69, 9.17) is 9.47 Å². The fourth-order valence-electron chi connectivity index (χ4n) is 1.79. The summed E-state index contributed by atoms with van der Waals surface area (Å²) in [4.78, 5) is 11.9. The number of hydrogen-bond acceptors (Lipinski definition) is 3. The quantitative estimate of drug-likeness (QED) is 0.750. The third-order valence-corrected chi connectivity index (χ3v) is 2.94. The minimum absolute atomic E-state index is 0.279. The van der Waals surface area contributed by atoms with Crippen molar-refractivity contribution in [3.8, 4) is 5.75 Å². The Morgan fingerprint density at radius 2 is 1.86 bits per heavy atom. The normalized spacial score (nSPS) is 10.5. The van der Waals surface area contributed by atoms with Crippen LogP contribution in [0.4, 0.5) is 4.39 Å². The van der Waals surface area contributed by atoms with Crippen LogP contribution in [0, 0.1) is 11.7 Å². The average Bonchev–Trinajstić information content (AvgIpc) is 2.52. The van der Waals surface area contributed by atoms with Gasteiger partial charge in [0.1, 0.15) is 18.2 Å². The molecule has 0 N–H and O–H groups in total. The summed E-state index contributed by atoms with van der Waals surface area (Å²) >= 11 is 0. The van der Waals surface area contributed by atoms with Crippen molar-refractivity contribution < 1.29 is 18.7 Å². The second-order valence-electron chi connectivity index (χ2n) is 5.44. The van der Waals surface area contributed by atoms with Gasteiger partial charge >= 0.3 is 5.97 Å². The van der Waals surface area contributed by atoms with Gasteiger partial charge in [-0.1, -0.05) is 32.0 Å². The van der Waals surface area contributed by atoms with Crippen molar-refractivity contribution in [1.29, 1.82) is 0 Å². The molecule has 0 aromatic heterocycles. The van der Waals surface area contributed by atoms with Crippen molar-refractivity contribution >= 4 is 5.97 Å². The molecule has 0 unspecified atom stereocenters. The van der Waals surface area contributed by atoms with Gasteiger partial charge in [-0.2, -0.15) is 0 Å². The highest BCUT2D eigenvalue weighted by atomic mass is 19.1. The van der Waals surface area contributed by atoms with Gasteiger partial charge in [-0.3, -0.25) is 0 Å². The van der Waals surface area contributed by atoms with Crippen LogP contribution in [0.5, 0.6) is 5.75 Å². The molecular formula is C18H19FO3. The van der Waals surface area contributed by atoms with Crippen LogP contribution in [-0.4, -0.2) is 12.6 Å².